The Labute approximate surface area is 387 Å². The van der Waals surface area contributed by atoms with Crippen molar-refractivity contribution in [2.24, 2.45) is 0 Å². The van der Waals surface area contributed by atoms with E-state index in [9.17, 15) is 33.9 Å². The van der Waals surface area contributed by atoms with Gasteiger partial charge in [0.15, 0.2) is 6.04 Å². The van der Waals surface area contributed by atoms with Crippen LogP contribution in [0.2, 0.25) is 0 Å². The molecule has 5 aromatic rings. The number of hydrogen-bond donors (Lipinski definition) is 6. The molecular weight excluding hydrogens is 874 g/mol. The van der Waals surface area contributed by atoms with E-state index in [1.165, 1.54) is 0 Å². The molecule has 0 saturated heterocycles. The molecule has 0 radical (unpaired) electrons. The van der Waals surface area contributed by atoms with Gasteiger partial charge < -0.3 is 58.7 Å². The van der Waals surface area contributed by atoms with E-state index in [2.05, 4.69) is 27.0 Å². The molecule has 342 valence electrons. The largest absolute Gasteiger partial charge is 1.00 e. The van der Waals surface area contributed by atoms with Gasteiger partial charge >= 0.3 is 18.0 Å². The van der Waals surface area contributed by atoms with Gasteiger partial charge in [-0.1, -0.05) is 133 Å². The van der Waals surface area contributed by atoms with Gasteiger partial charge in [0, 0.05) is 18.6 Å². The monoisotopic (exact) mass is 925 g/mol. The minimum Gasteiger partial charge on any atom is -1.00 e. The summed E-state index contributed by atoms with van der Waals surface area (Å²) in [5.41, 5.74) is 7.76. The zero-order chi connectivity index (χ0) is 45.5. The third-order valence-electron chi connectivity index (χ3n) is 9.57. The number of hydrogen-bond acceptors (Lipinski definition) is 10. The van der Waals surface area contributed by atoms with E-state index < -0.39 is 66.5 Å². The zero-order valence-electron chi connectivity index (χ0n) is 35.4. The number of alkyl carbamates (subject to hydrolysis) is 1. The molecule has 5 aromatic carbocycles. The maximum atomic E-state index is 14.1. The van der Waals surface area contributed by atoms with Gasteiger partial charge in [0.05, 0.1) is 12.3 Å². The average molecular weight is 926 g/mol. The second-order valence-corrected chi connectivity index (χ2v) is 15.7. The SMILES string of the molecule is [Cl-].[NH3+][C@H](CSC[C@@H](NC(=O)[C@H](Cc1ccc(OCc2ccccc2)cc1)NC(=O)OCc1ccccc1)C(=O)NCC(=O)N[C@@H](Cc1ccccc1)C(=O)O)C(=O)OCc1ccccc1. The number of nitrogens with one attached hydrogen (secondary N) is 4. The molecule has 0 fully saturated rings. The Morgan fingerprint density at radius 3 is 1.58 bits per heavy atom. The summed E-state index contributed by atoms with van der Waals surface area (Å²) in [6.07, 6.45) is -0.880. The number of esters is 1. The number of halogens is 1. The Morgan fingerprint density at radius 1 is 0.538 bits per heavy atom. The van der Waals surface area contributed by atoms with Crippen LogP contribution in [0.15, 0.2) is 146 Å². The Balaban J connectivity index is 0.00000925. The first-order valence-corrected chi connectivity index (χ1v) is 21.7. The number of rotatable bonds is 24. The van der Waals surface area contributed by atoms with Crippen LogP contribution in [0.5, 0.6) is 5.75 Å². The average Bonchev–Trinajstić information content (AvgIpc) is 3.32. The number of carboxylic acid groups (broad SMARTS) is 1. The molecule has 5 rings (SSSR count). The molecule has 0 aliphatic carbocycles. The highest BCUT2D eigenvalue weighted by molar-refractivity contribution is 7.99. The fraction of sp³-hybridized carbons (Fsp3) is 0.250. The van der Waals surface area contributed by atoms with Gasteiger partial charge in [0.25, 0.3) is 0 Å². The Hall–Kier alpha value is -6.88. The van der Waals surface area contributed by atoms with Gasteiger partial charge in [-0.15, -0.1) is 0 Å². The van der Waals surface area contributed by atoms with Crippen molar-refractivity contribution < 1.29 is 66.2 Å². The van der Waals surface area contributed by atoms with E-state index in [4.69, 9.17) is 14.2 Å². The molecule has 0 spiro atoms. The van der Waals surface area contributed by atoms with Crippen LogP contribution in [0.1, 0.15) is 27.8 Å². The number of aliphatic carboxylic acids is 1. The fourth-order valence-electron chi connectivity index (χ4n) is 6.10. The van der Waals surface area contributed by atoms with Crippen molar-refractivity contribution in [2.75, 3.05) is 18.1 Å². The number of thioether (sulfide) groups is 1. The topological polar surface area (TPSA) is 226 Å². The van der Waals surface area contributed by atoms with E-state index in [0.717, 1.165) is 28.5 Å². The van der Waals surface area contributed by atoms with Crippen LogP contribution in [0.3, 0.4) is 0 Å². The van der Waals surface area contributed by atoms with Crippen LogP contribution < -0.4 is 44.1 Å². The van der Waals surface area contributed by atoms with Crippen molar-refractivity contribution in [2.45, 2.75) is 56.8 Å². The van der Waals surface area contributed by atoms with Crippen molar-refractivity contribution in [3.8, 4) is 5.75 Å². The minimum absolute atomic E-state index is 0. The molecule has 4 atom stereocenters. The van der Waals surface area contributed by atoms with Gasteiger partial charge in [0.1, 0.15) is 43.7 Å². The smallest absolute Gasteiger partial charge is 0.408 e. The summed E-state index contributed by atoms with van der Waals surface area (Å²) in [5, 5.41) is 20.0. The summed E-state index contributed by atoms with van der Waals surface area (Å²) in [6, 6.07) is 38.9. The first kappa shape index (κ1) is 50.8. The van der Waals surface area contributed by atoms with E-state index in [1.54, 1.807) is 78.9 Å². The van der Waals surface area contributed by atoms with E-state index in [-0.39, 0.29) is 50.0 Å². The lowest BCUT2D eigenvalue weighted by atomic mass is 10.0. The molecule has 0 aliphatic rings. The zero-order valence-corrected chi connectivity index (χ0v) is 37.0. The molecule has 0 bridgehead atoms. The highest BCUT2D eigenvalue weighted by atomic mass is 35.5. The standard InChI is InChI=1S/C48H51N5O10S.ClH/c49-39(47(59)62-29-36-17-9-3-10-18-36)31-64-32-42(44(55)50-27-43(54)51-41(46(57)58)26-33-13-5-1-6-14-33)52-45(56)40(53-48(60)63-30-37-19-11-4-12-20-37)25-34-21-23-38(24-22-34)61-28-35-15-7-2-8-16-35;/h1-24,39-42H,25-32,49H2,(H,50,55)(H,51,54)(H,52,56)(H,53,60)(H,57,58);1H/t39-,40+,41+,42-;/m1./s1. The van der Waals surface area contributed by atoms with Gasteiger partial charge in [-0.2, -0.15) is 11.8 Å². The predicted octanol–water partition coefficient (Wildman–Crippen LogP) is 0.607. The number of ether oxygens (including phenoxy) is 3. The summed E-state index contributed by atoms with van der Waals surface area (Å²) >= 11 is 1.14. The quantitative estimate of drug-likeness (QED) is 0.0471. The molecule has 0 unspecified atom stereocenters. The number of carboxylic acids is 1. The van der Waals surface area contributed by atoms with Crippen molar-refractivity contribution in [3.05, 3.63) is 173 Å². The normalized spacial score (nSPS) is 12.4. The van der Waals surface area contributed by atoms with E-state index >= 15 is 0 Å². The molecule has 8 N–H and O–H groups in total. The highest BCUT2D eigenvalue weighted by Gasteiger charge is 2.30. The van der Waals surface area contributed by atoms with Gasteiger partial charge in [0.2, 0.25) is 17.7 Å². The van der Waals surface area contributed by atoms with Crippen molar-refractivity contribution in [1.82, 2.24) is 21.3 Å². The number of amides is 4. The second kappa shape index (κ2) is 27.3. The molecule has 0 saturated carbocycles. The van der Waals surface area contributed by atoms with Gasteiger partial charge in [-0.3, -0.25) is 14.4 Å². The van der Waals surface area contributed by atoms with Crippen molar-refractivity contribution in [3.63, 3.8) is 0 Å². The van der Waals surface area contributed by atoms with E-state index in [0.29, 0.717) is 23.5 Å². The molecule has 65 heavy (non-hydrogen) atoms. The maximum Gasteiger partial charge on any atom is 0.408 e. The van der Waals surface area contributed by atoms with Crippen molar-refractivity contribution >= 4 is 47.5 Å². The van der Waals surface area contributed by atoms with E-state index in [1.807, 2.05) is 66.7 Å². The van der Waals surface area contributed by atoms with Gasteiger partial charge in [-0.25, -0.2) is 14.4 Å². The van der Waals surface area contributed by atoms with Crippen LogP contribution in [-0.2, 0) is 66.1 Å². The Kier molecular flexibility index (Phi) is 21.3. The molecule has 0 aromatic heterocycles. The predicted molar refractivity (Wildman–Crippen MR) is 239 cm³/mol. The van der Waals surface area contributed by atoms with Crippen LogP contribution in [0, 0.1) is 0 Å². The van der Waals surface area contributed by atoms with Crippen LogP contribution in [0.4, 0.5) is 4.79 Å². The fourth-order valence-corrected chi connectivity index (χ4v) is 7.13. The highest BCUT2D eigenvalue weighted by Crippen LogP contribution is 2.16. The molecule has 17 heteroatoms. The summed E-state index contributed by atoms with van der Waals surface area (Å²) in [7, 11) is 0. The number of carbonyl (C=O) groups is 6. The minimum atomic E-state index is -1.30. The van der Waals surface area contributed by atoms with Crippen LogP contribution in [0.25, 0.3) is 0 Å². The molecule has 15 nitrogen and oxygen atoms in total. The molecular formula is C48H52ClN5O10S. The molecule has 0 heterocycles. The number of benzene rings is 5. The van der Waals surface area contributed by atoms with Crippen LogP contribution >= 0.6 is 11.8 Å². The Bertz CT molecular complexity index is 2260. The van der Waals surface area contributed by atoms with Gasteiger partial charge in [-0.05, 0) is 39.9 Å². The number of quaternary nitrogens is 1. The third kappa shape index (κ3) is 18.4. The first-order chi connectivity index (χ1) is 31.0. The summed E-state index contributed by atoms with van der Waals surface area (Å²) in [4.78, 5) is 78.8. The summed E-state index contributed by atoms with van der Waals surface area (Å²) < 4.78 is 16.8. The second-order valence-electron chi connectivity index (χ2n) is 14.6. The number of carbonyl (C=O) groups excluding carboxylic acids is 5. The lowest BCUT2D eigenvalue weighted by molar-refractivity contribution is -0.401. The molecule has 0 aliphatic heterocycles. The Morgan fingerprint density at radius 2 is 1.03 bits per heavy atom. The summed E-state index contributed by atoms with van der Waals surface area (Å²) in [5.74, 6) is -3.49. The lowest BCUT2D eigenvalue weighted by Gasteiger charge is -2.23. The lowest BCUT2D eigenvalue weighted by Crippen LogP contribution is -3.00. The maximum absolute atomic E-state index is 14.1. The first-order valence-electron chi connectivity index (χ1n) is 20.5. The molecule has 4 amide bonds. The summed E-state index contributed by atoms with van der Waals surface area (Å²) in [6.45, 7) is -0.267. The van der Waals surface area contributed by atoms with Crippen molar-refractivity contribution in [1.29, 1.82) is 0 Å². The third-order valence-corrected chi connectivity index (χ3v) is 10.8. The van der Waals surface area contributed by atoms with Crippen LogP contribution in [-0.4, -0.2) is 83.1 Å².